The van der Waals surface area contributed by atoms with Crippen LogP contribution in [0.5, 0.6) is 0 Å². The minimum Gasteiger partial charge on any atom is -0.366 e. The number of hydrogen-bond acceptors (Lipinski definition) is 4. The minimum atomic E-state index is -0.303. The van der Waals surface area contributed by atoms with E-state index in [4.69, 9.17) is 11.6 Å². The lowest BCUT2D eigenvalue weighted by atomic mass is 10.2. The van der Waals surface area contributed by atoms with Gasteiger partial charge in [-0.05, 0) is 36.8 Å². The van der Waals surface area contributed by atoms with Crippen LogP contribution in [-0.4, -0.2) is 9.97 Å². The molecule has 0 amide bonds. The summed E-state index contributed by atoms with van der Waals surface area (Å²) < 4.78 is 13.3. The van der Waals surface area contributed by atoms with E-state index < -0.39 is 0 Å². The lowest BCUT2D eigenvalue weighted by molar-refractivity contribution is 0.628. The molecule has 0 unspecified atom stereocenters. The second kappa shape index (κ2) is 7.27. The topological polar surface area (TPSA) is 49.8 Å². The van der Waals surface area contributed by atoms with E-state index in [1.165, 1.54) is 12.1 Å². The Bertz CT molecular complexity index is 854. The van der Waals surface area contributed by atoms with E-state index in [0.717, 1.165) is 5.56 Å². The van der Waals surface area contributed by atoms with Gasteiger partial charge in [0.2, 0.25) is 0 Å². The molecule has 0 saturated heterocycles. The highest BCUT2D eigenvalue weighted by Gasteiger charge is 2.05. The van der Waals surface area contributed by atoms with Crippen LogP contribution >= 0.6 is 11.6 Å². The molecule has 2 aromatic carbocycles. The summed E-state index contributed by atoms with van der Waals surface area (Å²) in [5, 5.41) is 7.01. The molecule has 0 bridgehead atoms. The first-order chi connectivity index (χ1) is 11.6. The van der Waals surface area contributed by atoms with E-state index in [9.17, 15) is 4.39 Å². The molecule has 3 aromatic rings. The Morgan fingerprint density at radius 1 is 1.00 bits per heavy atom. The quantitative estimate of drug-likeness (QED) is 0.690. The second-order valence-electron chi connectivity index (χ2n) is 5.27. The number of aryl methyl sites for hydroxylation is 1. The van der Waals surface area contributed by atoms with Crippen molar-refractivity contribution in [3.05, 3.63) is 76.8 Å². The number of rotatable bonds is 5. The van der Waals surface area contributed by atoms with Crippen LogP contribution in [0, 0.1) is 12.7 Å². The molecule has 2 N–H and O–H groups in total. The van der Waals surface area contributed by atoms with Crippen molar-refractivity contribution in [3.63, 3.8) is 0 Å². The van der Waals surface area contributed by atoms with Gasteiger partial charge in [-0.3, -0.25) is 0 Å². The number of anilines is 3. The average molecular weight is 343 g/mol. The summed E-state index contributed by atoms with van der Waals surface area (Å²) in [5.74, 6) is 1.57. The normalized spacial score (nSPS) is 10.5. The van der Waals surface area contributed by atoms with Gasteiger partial charge in [0, 0.05) is 23.3 Å². The molecule has 0 fully saturated rings. The molecule has 122 valence electrons. The van der Waals surface area contributed by atoms with Gasteiger partial charge < -0.3 is 10.6 Å². The SMILES string of the molecule is Cc1nc(NCc2ccccc2Cl)cc(Nc2cccc(F)c2)n1. The maximum atomic E-state index is 13.3. The zero-order valence-electron chi connectivity index (χ0n) is 13.1. The van der Waals surface area contributed by atoms with Crippen molar-refractivity contribution in [1.29, 1.82) is 0 Å². The molecule has 3 rings (SSSR count). The molecule has 0 radical (unpaired) electrons. The fourth-order valence-electron chi connectivity index (χ4n) is 2.26. The zero-order valence-corrected chi connectivity index (χ0v) is 13.8. The van der Waals surface area contributed by atoms with Gasteiger partial charge in [-0.15, -0.1) is 0 Å². The maximum Gasteiger partial charge on any atom is 0.136 e. The van der Waals surface area contributed by atoms with Gasteiger partial charge in [-0.2, -0.15) is 0 Å². The highest BCUT2D eigenvalue weighted by Crippen LogP contribution is 2.20. The first-order valence-corrected chi connectivity index (χ1v) is 7.83. The Hall–Kier alpha value is -2.66. The predicted molar refractivity (Wildman–Crippen MR) is 95.2 cm³/mol. The largest absolute Gasteiger partial charge is 0.366 e. The van der Waals surface area contributed by atoms with Crippen molar-refractivity contribution >= 4 is 28.9 Å². The number of nitrogens with zero attached hydrogens (tertiary/aromatic N) is 2. The first kappa shape index (κ1) is 16.2. The van der Waals surface area contributed by atoms with Crippen LogP contribution in [0.4, 0.5) is 21.7 Å². The van der Waals surface area contributed by atoms with Crippen molar-refractivity contribution in [2.24, 2.45) is 0 Å². The summed E-state index contributed by atoms with van der Waals surface area (Å²) in [5.41, 5.74) is 1.61. The van der Waals surface area contributed by atoms with Gasteiger partial charge in [0.1, 0.15) is 23.3 Å². The number of nitrogens with one attached hydrogen (secondary N) is 2. The summed E-state index contributed by atoms with van der Waals surface area (Å²) in [6, 6.07) is 15.6. The number of halogens is 2. The van der Waals surface area contributed by atoms with Crippen molar-refractivity contribution in [3.8, 4) is 0 Å². The van der Waals surface area contributed by atoms with E-state index in [0.29, 0.717) is 34.7 Å². The van der Waals surface area contributed by atoms with E-state index in [-0.39, 0.29) is 5.82 Å². The van der Waals surface area contributed by atoms with Crippen LogP contribution in [0.2, 0.25) is 5.02 Å². The first-order valence-electron chi connectivity index (χ1n) is 7.46. The maximum absolute atomic E-state index is 13.3. The minimum absolute atomic E-state index is 0.303. The van der Waals surface area contributed by atoms with E-state index in [1.807, 2.05) is 24.3 Å². The molecule has 1 heterocycles. The Labute approximate surface area is 144 Å². The van der Waals surface area contributed by atoms with Gasteiger partial charge in [-0.1, -0.05) is 35.9 Å². The second-order valence-corrected chi connectivity index (χ2v) is 5.67. The Morgan fingerprint density at radius 2 is 1.79 bits per heavy atom. The van der Waals surface area contributed by atoms with Gasteiger partial charge in [-0.25, -0.2) is 14.4 Å². The van der Waals surface area contributed by atoms with E-state index in [2.05, 4.69) is 20.6 Å². The third-order valence-corrected chi connectivity index (χ3v) is 3.72. The smallest absolute Gasteiger partial charge is 0.136 e. The van der Waals surface area contributed by atoms with Gasteiger partial charge in [0.25, 0.3) is 0 Å². The van der Waals surface area contributed by atoms with Gasteiger partial charge in [0.15, 0.2) is 0 Å². The summed E-state index contributed by atoms with van der Waals surface area (Å²) in [4.78, 5) is 8.68. The molecule has 24 heavy (non-hydrogen) atoms. The van der Waals surface area contributed by atoms with Crippen LogP contribution in [0.25, 0.3) is 0 Å². The molecule has 4 nitrogen and oxygen atoms in total. The Morgan fingerprint density at radius 3 is 2.58 bits per heavy atom. The molecule has 0 saturated carbocycles. The molecule has 0 atom stereocenters. The summed E-state index contributed by atoms with van der Waals surface area (Å²) >= 11 is 6.15. The number of hydrogen-bond donors (Lipinski definition) is 2. The van der Waals surface area contributed by atoms with Crippen LogP contribution in [-0.2, 0) is 6.54 Å². The Kier molecular flexibility index (Phi) is 4.91. The van der Waals surface area contributed by atoms with Gasteiger partial charge in [0.05, 0.1) is 0 Å². The fourth-order valence-corrected chi connectivity index (χ4v) is 2.47. The number of aromatic nitrogens is 2. The van der Waals surface area contributed by atoms with Gasteiger partial charge >= 0.3 is 0 Å². The average Bonchev–Trinajstić information content (AvgIpc) is 2.53. The van der Waals surface area contributed by atoms with Crippen molar-refractivity contribution in [2.45, 2.75) is 13.5 Å². The highest BCUT2D eigenvalue weighted by molar-refractivity contribution is 6.31. The molecule has 0 aliphatic heterocycles. The van der Waals surface area contributed by atoms with E-state index >= 15 is 0 Å². The molecule has 0 aliphatic carbocycles. The monoisotopic (exact) mass is 342 g/mol. The zero-order chi connectivity index (χ0) is 16.9. The molecule has 0 spiro atoms. The lowest BCUT2D eigenvalue weighted by Crippen LogP contribution is -2.05. The predicted octanol–water partition coefficient (Wildman–Crippen LogP) is 4.93. The van der Waals surface area contributed by atoms with Crippen molar-refractivity contribution in [1.82, 2.24) is 9.97 Å². The molecular weight excluding hydrogens is 327 g/mol. The molecular formula is C18H16ClFN4. The summed E-state index contributed by atoms with van der Waals surface area (Å²) in [6.07, 6.45) is 0. The molecule has 1 aromatic heterocycles. The molecule has 6 heteroatoms. The molecule has 0 aliphatic rings. The summed E-state index contributed by atoms with van der Waals surface area (Å²) in [6.45, 7) is 2.35. The highest BCUT2D eigenvalue weighted by atomic mass is 35.5. The van der Waals surface area contributed by atoms with Crippen LogP contribution in [0.15, 0.2) is 54.6 Å². The van der Waals surface area contributed by atoms with Crippen LogP contribution in [0.1, 0.15) is 11.4 Å². The number of benzene rings is 2. The summed E-state index contributed by atoms with van der Waals surface area (Å²) in [7, 11) is 0. The standard InChI is InChI=1S/C18H16ClFN4/c1-12-22-17(21-11-13-5-2-3-8-16(13)19)10-18(23-12)24-15-7-4-6-14(20)9-15/h2-10H,11H2,1H3,(H2,21,22,23,24). The third-order valence-electron chi connectivity index (χ3n) is 3.35. The van der Waals surface area contributed by atoms with Crippen molar-refractivity contribution < 1.29 is 4.39 Å². The van der Waals surface area contributed by atoms with Crippen molar-refractivity contribution in [2.75, 3.05) is 10.6 Å². The van der Waals surface area contributed by atoms with Crippen LogP contribution < -0.4 is 10.6 Å². The third kappa shape index (κ3) is 4.20. The fraction of sp³-hybridized carbons (Fsp3) is 0.111. The van der Waals surface area contributed by atoms with E-state index in [1.54, 1.807) is 25.1 Å². The lowest BCUT2D eigenvalue weighted by Gasteiger charge is -2.11. The van der Waals surface area contributed by atoms with Crippen LogP contribution in [0.3, 0.4) is 0 Å². The Balaban J connectivity index is 1.75.